The van der Waals surface area contributed by atoms with E-state index in [4.69, 9.17) is 24.9 Å². The van der Waals surface area contributed by atoms with Crippen LogP contribution in [-0.4, -0.2) is 143 Å². The third kappa shape index (κ3) is 8.34. The third-order valence-corrected chi connectivity index (χ3v) is 17.2. The molecule has 0 aromatic carbocycles. The molecule has 10 heterocycles. The van der Waals surface area contributed by atoms with E-state index in [0.717, 1.165) is 131 Å². The molecule has 4 N–H and O–H groups in total. The Morgan fingerprint density at radius 2 is 1.34 bits per heavy atom. The van der Waals surface area contributed by atoms with E-state index in [9.17, 15) is 9.59 Å². The maximum absolute atomic E-state index is 13.8. The molecule has 4 fully saturated rings. The zero-order valence-electron chi connectivity index (χ0n) is 41.9. The van der Waals surface area contributed by atoms with Gasteiger partial charge < -0.3 is 35.3 Å². The van der Waals surface area contributed by atoms with Crippen molar-refractivity contribution in [3.05, 3.63) is 77.6 Å². The molecule has 18 nitrogen and oxygen atoms in total. The minimum absolute atomic E-state index is 0.0614. The number of pyridine rings is 2. The number of fused-ring (bicyclic) bond motifs is 8. The van der Waals surface area contributed by atoms with Crippen molar-refractivity contribution in [2.24, 2.45) is 0 Å². The van der Waals surface area contributed by atoms with Crippen molar-refractivity contribution in [1.82, 2.24) is 64.4 Å². The number of hydrogen-bond donors (Lipinski definition) is 4. The molecule has 4 aliphatic heterocycles. The molecule has 2 saturated carbocycles. The molecule has 12 rings (SSSR count). The van der Waals surface area contributed by atoms with Crippen molar-refractivity contribution in [3.63, 3.8) is 0 Å². The normalized spacial score (nSPS) is 25.2. The Balaban J connectivity index is 0.827. The monoisotopic (exact) mass is 961 g/mol. The van der Waals surface area contributed by atoms with E-state index >= 15 is 0 Å². The highest BCUT2D eigenvalue weighted by atomic mass is 16.2. The quantitative estimate of drug-likeness (QED) is 0.120. The first-order valence-corrected chi connectivity index (χ1v) is 26.2. The van der Waals surface area contributed by atoms with Crippen LogP contribution in [-0.2, 0) is 17.6 Å². The molecule has 2 aliphatic carbocycles. The molecule has 0 radical (unpaired) electrons. The average Bonchev–Trinajstić information content (AvgIpc) is 3.98. The summed E-state index contributed by atoms with van der Waals surface area (Å²) < 4.78 is 4.46. The van der Waals surface area contributed by atoms with Gasteiger partial charge in [-0.15, -0.1) is 0 Å². The highest BCUT2D eigenvalue weighted by Crippen LogP contribution is 2.48. The molecule has 2 spiro atoms. The van der Waals surface area contributed by atoms with Gasteiger partial charge in [0.25, 0.3) is 11.8 Å². The van der Waals surface area contributed by atoms with Gasteiger partial charge in [-0.3, -0.25) is 24.3 Å². The van der Waals surface area contributed by atoms with Crippen molar-refractivity contribution >= 4 is 63.1 Å². The lowest BCUT2D eigenvalue weighted by molar-refractivity contribution is 0.0821. The number of aromatic nitrogens is 8. The van der Waals surface area contributed by atoms with E-state index in [2.05, 4.69) is 108 Å². The standard InChI is InChI=1S/C53H68N16O2/c1-33(2)66-21-19-65(20-22-66)30-36-9-11-43(54-25-36)60-51-61-45(40-24-42-49(71)57-31-52(15-7-6-8-16-52)69(42)47(40)63-51)37-13-17-53(18-14-37)32-58-48(70)41-23-38-26-56-50(62-46(38)68(41)53)59-44-12-10-39(27-55-44)67-28-34(3)64(5)35(4)29-67/h9-12,23-27,33-35,37H,6-8,13-22,28-32H2,1-5H3,(H,57,71)(H,58,70)(H,54,60,61,63)(H,55,56,59,62). The summed E-state index contributed by atoms with van der Waals surface area (Å²) in [6, 6.07) is 13.7. The number of carbonyl (C=O) groups is 2. The van der Waals surface area contributed by atoms with Crippen LogP contribution in [0.5, 0.6) is 0 Å². The van der Waals surface area contributed by atoms with Crippen molar-refractivity contribution in [2.45, 2.75) is 127 Å². The second-order valence-electron chi connectivity index (χ2n) is 21.9. The maximum Gasteiger partial charge on any atom is 0.268 e. The van der Waals surface area contributed by atoms with Gasteiger partial charge in [-0.1, -0.05) is 25.3 Å². The number of nitrogens with one attached hydrogen (secondary N) is 4. The minimum atomic E-state index is -0.406. The zero-order chi connectivity index (χ0) is 48.6. The predicted molar refractivity (Wildman–Crippen MR) is 276 cm³/mol. The Bertz CT molecular complexity index is 2950. The van der Waals surface area contributed by atoms with E-state index in [-0.39, 0.29) is 23.3 Å². The summed E-state index contributed by atoms with van der Waals surface area (Å²) >= 11 is 0. The molecule has 71 heavy (non-hydrogen) atoms. The molecule has 2 amide bonds. The van der Waals surface area contributed by atoms with Crippen LogP contribution in [0.15, 0.2) is 55.0 Å². The number of anilines is 5. The second kappa shape index (κ2) is 18.1. The van der Waals surface area contributed by atoms with Gasteiger partial charge >= 0.3 is 0 Å². The fraction of sp³-hybridized carbons (Fsp3) is 0.547. The topological polar surface area (TPSA) is 182 Å². The SMILES string of the molecule is CC(C)N1CCN(Cc2ccc(Nc3nc(C4CCC5(CC4)CNC(=O)c4cc6cnc(Nc7ccc(N8CC(C)N(C)C(C)C8)cn7)nc6n45)c4cc5n(c4n3)C3(CCCCC3)CNC5=O)nc2)CC1. The summed E-state index contributed by atoms with van der Waals surface area (Å²) in [6.45, 7) is 17.2. The molecule has 372 valence electrons. The first-order valence-electron chi connectivity index (χ1n) is 26.2. The summed E-state index contributed by atoms with van der Waals surface area (Å²) in [5.74, 6) is 2.17. The third-order valence-electron chi connectivity index (χ3n) is 17.2. The van der Waals surface area contributed by atoms with Gasteiger partial charge in [0.15, 0.2) is 0 Å². The van der Waals surface area contributed by atoms with Crippen LogP contribution < -0.4 is 26.2 Å². The van der Waals surface area contributed by atoms with Gasteiger partial charge in [0, 0.05) is 106 Å². The van der Waals surface area contributed by atoms with Crippen LogP contribution in [0.2, 0.25) is 0 Å². The largest absolute Gasteiger partial charge is 0.367 e. The number of hydrogen-bond acceptors (Lipinski definition) is 14. The van der Waals surface area contributed by atoms with Gasteiger partial charge in [-0.25, -0.2) is 19.9 Å². The van der Waals surface area contributed by atoms with Gasteiger partial charge in [0.1, 0.15) is 34.3 Å². The maximum atomic E-state index is 13.8. The fourth-order valence-corrected chi connectivity index (χ4v) is 12.9. The summed E-state index contributed by atoms with van der Waals surface area (Å²) in [5, 5.41) is 15.1. The Morgan fingerprint density at radius 3 is 2.00 bits per heavy atom. The highest BCUT2D eigenvalue weighted by Gasteiger charge is 2.46. The van der Waals surface area contributed by atoms with Gasteiger partial charge in [-0.2, -0.15) is 9.97 Å². The van der Waals surface area contributed by atoms with Crippen LogP contribution in [0.25, 0.3) is 22.1 Å². The second-order valence-corrected chi connectivity index (χ2v) is 21.9. The summed E-state index contributed by atoms with van der Waals surface area (Å²) in [4.78, 5) is 67.3. The minimum Gasteiger partial charge on any atom is -0.367 e. The molecule has 6 aliphatic rings. The molecular formula is C53H68N16O2. The van der Waals surface area contributed by atoms with Crippen molar-refractivity contribution in [1.29, 1.82) is 0 Å². The summed E-state index contributed by atoms with van der Waals surface area (Å²) in [7, 11) is 2.19. The van der Waals surface area contributed by atoms with E-state index in [1.54, 1.807) is 6.20 Å². The smallest absolute Gasteiger partial charge is 0.268 e. The van der Waals surface area contributed by atoms with Crippen LogP contribution in [0.4, 0.5) is 29.2 Å². The van der Waals surface area contributed by atoms with E-state index in [1.807, 2.05) is 30.6 Å². The van der Waals surface area contributed by atoms with E-state index < -0.39 is 5.54 Å². The number of carbonyl (C=O) groups excluding carboxylic acids is 2. The first kappa shape index (κ1) is 45.9. The Morgan fingerprint density at radius 1 is 0.704 bits per heavy atom. The number of amides is 2. The number of rotatable bonds is 9. The fourth-order valence-electron chi connectivity index (χ4n) is 12.9. The molecule has 2 unspecified atom stereocenters. The summed E-state index contributed by atoms with van der Waals surface area (Å²) in [5.41, 5.74) is 5.40. The van der Waals surface area contributed by atoms with E-state index in [1.165, 1.54) is 12.0 Å². The summed E-state index contributed by atoms with van der Waals surface area (Å²) in [6.07, 6.45) is 14.3. The molecule has 2 atom stereocenters. The molecular weight excluding hydrogens is 893 g/mol. The molecule has 0 bridgehead atoms. The van der Waals surface area contributed by atoms with Crippen molar-refractivity contribution in [3.8, 4) is 0 Å². The number of piperazine rings is 2. The first-order chi connectivity index (χ1) is 34.4. The Labute approximate surface area is 415 Å². The lowest BCUT2D eigenvalue weighted by Crippen LogP contribution is -2.55. The predicted octanol–water partition coefficient (Wildman–Crippen LogP) is 6.71. The molecule has 2 saturated heterocycles. The van der Waals surface area contributed by atoms with Crippen LogP contribution in [0, 0.1) is 0 Å². The van der Waals surface area contributed by atoms with Crippen molar-refractivity contribution < 1.29 is 9.59 Å². The zero-order valence-corrected chi connectivity index (χ0v) is 41.9. The van der Waals surface area contributed by atoms with Gasteiger partial charge in [0.2, 0.25) is 11.9 Å². The lowest BCUT2D eigenvalue weighted by Gasteiger charge is -2.45. The Hall–Kier alpha value is -6.24. The Kier molecular flexibility index (Phi) is 11.7. The van der Waals surface area contributed by atoms with Gasteiger partial charge in [0.05, 0.1) is 28.7 Å². The van der Waals surface area contributed by atoms with Crippen LogP contribution >= 0.6 is 0 Å². The van der Waals surface area contributed by atoms with Crippen molar-refractivity contribution in [2.75, 3.05) is 74.9 Å². The highest BCUT2D eigenvalue weighted by molar-refractivity contribution is 6.00. The molecule has 6 aromatic heterocycles. The average molecular weight is 961 g/mol. The number of likely N-dealkylation sites (N-methyl/N-ethyl adjacent to an activating group) is 1. The molecule has 18 heteroatoms. The molecule has 6 aromatic rings. The van der Waals surface area contributed by atoms with Gasteiger partial charge in [-0.05, 0) is 109 Å². The number of nitrogens with zero attached hydrogens (tertiary/aromatic N) is 12. The van der Waals surface area contributed by atoms with Crippen LogP contribution in [0.1, 0.15) is 124 Å². The lowest BCUT2D eigenvalue weighted by atomic mass is 9.74. The van der Waals surface area contributed by atoms with Crippen LogP contribution in [0.3, 0.4) is 0 Å². The van der Waals surface area contributed by atoms with E-state index in [0.29, 0.717) is 66.1 Å².